The second kappa shape index (κ2) is 21.5. The molecule has 5 aliphatic rings. The number of hydroxylamine groups is 2. The van der Waals surface area contributed by atoms with E-state index in [2.05, 4.69) is 24.5 Å². The number of carbonyl (C=O) groups excluding carboxylic acids is 6. The number of hydrogen-bond donors (Lipinski definition) is 4. The smallest absolute Gasteiger partial charge is 0.348 e. The van der Waals surface area contributed by atoms with Crippen molar-refractivity contribution < 1.29 is 72.2 Å². The number of aliphatic hydroxyl groups is 2. The van der Waals surface area contributed by atoms with E-state index in [0.29, 0.717) is 24.0 Å². The quantitative estimate of drug-likeness (QED) is 0.0555. The van der Waals surface area contributed by atoms with Crippen molar-refractivity contribution in [2.24, 2.45) is 10.8 Å². The third-order valence-electron chi connectivity index (χ3n) is 13.3. The lowest BCUT2D eigenvalue weighted by atomic mass is 9.62. The first-order valence-corrected chi connectivity index (χ1v) is 23.9. The van der Waals surface area contributed by atoms with Gasteiger partial charge >= 0.3 is 23.9 Å². The number of unbranched alkanes of at least 4 members (excludes halogenated alkanes) is 4. The summed E-state index contributed by atoms with van der Waals surface area (Å²) in [7, 11) is 0. The van der Waals surface area contributed by atoms with Crippen molar-refractivity contribution in [1.29, 1.82) is 0 Å². The van der Waals surface area contributed by atoms with Gasteiger partial charge < -0.3 is 49.3 Å². The summed E-state index contributed by atoms with van der Waals surface area (Å²) < 4.78 is 36.0. The van der Waals surface area contributed by atoms with Crippen molar-refractivity contribution in [3.8, 4) is 0 Å². The Morgan fingerprint density at radius 2 is 1.64 bits per heavy atom. The maximum atomic E-state index is 15.3. The van der Waals surface area contributed by atoms with Gasteiger partial charge in [0.05, 0.1) is 25.3 Å². The third kappa shape index (κ3) is 11.7. The maximum absolute atomic E-state index is 15.3. The van der Waals surface area contributed by atoms with Gasteiger partial charge in [-0.25, -0.2) is 9.59 Å². The molecule has 4 aliphatic heterocycles. The number of ether oxygens (including phenoxy) is 6. The van der Waals surface area contributed by atoms with E-state index in [1.807, 2.05) is 0 Å². The molecule has 1 aliphatic carbocycles. The highest BCUT2D eigenvalue weighted by Gasteiger charge is 2.76. The van der Waals surface area contributed by atoms with E-state index >= 15 is 4.79 Å². The van der Waals surface area contributed by atoms with E-state index in [0.717, 1.165) is 38.5 Å². The molecule has 1 saturated carbocycles. The second-order valence-corrected chi connectivity index (χ2v) is 20.4. The molecule has 2 bridgehead atoms. The fourth-order valence-corrected chi connectivity index (χ4v) is 9.82. The van der Waals surface area contributed by atoms with E-state index in [4.69, 9.17) is 33.3 Å². The van der Waals surface area contributed by atoms with Crippen LogP contribution in [0.5, 0.6) is 0 Å². The van der Waals surface area contributed by atoms with Crippen LogP contribution in [-0.2, 0) is 68.6 Å². The highest BCUT2D eigenvalue weighted by molar-refractivity contribution is 5.96. The monoisotopic (exact) mass is 941 g/mol. The van der Waals surface area contributed by atoms with Gasteiger partial charge in [0.25, 0.3) is 0 Å². The van der Waals surface area contributed by atoms with Crippen LogP contribution >= 0.6 is 0 Å². The van der Waals surface area contributed by atoms with Gasteiger partial charge in [-0.3, -0.25) is 24.0 Å². The van der Waals surface area contributed by atoms with Gasteiger partial charge in [0, 0.05) is 37.2 Å². The van der Waals surface area contributed by atoms with Crippen LogP contribution in [-0.4, -0.2) is 130 Å². The molecule has 2 amide bonds. The maximum Gasteiger partial charge on any atom is 0.348 e. The predicted molar refractivity (Wildman–Crippen MR) is 240 cm³/mol. The lowest BCUT2D eigenvalue weighted by Gasteiger charge is -2.49. The molecule has 0 spiro atoms. The molecule has 18 heteroatoms. The first-order valence-electron chi connectivity index (χ1n) is 23.9. The average Bonchev–Trinajstić information content (AvgIpc) is 3.90. The molecule has 372 valence electrons. The largest absolute Gasteiger partial charge is 0.462 e. The van der Waals surface area contributed by atoms with Gasteiger partial charge in [0.15, 0.2) is 11.8 Å². The summed E-state index contributed by atoms with van der Waals surface area (Å²) in [5.41, 5.74) is -2.03. The Hall–Kier alpha value is -4.46. The molecule has 4 saturated heterocycles. The summed E-state index contributed by atoms with van der Waals surface area (Å²) in [4.78, 5) is 88.3. The molecule has 1 aromatic carbocycles. The van der Waals surface area contributed by atoms with Crippen molar-refractivity contribution >= 4 is 41.8 Å². The van der Waals surface area contributed by atoms with E-state index in [1.54, 1.807) is 58.9 Å². The number of amides is 2. The summed E-state index contributed by atoms with van der Waals surface area (Å²) in [5.74, 6) is -5.28. The first-order chi connectivity index (χ1) is 31.7. The summed E-state index contributed by atoms with van der Waals surface area (Å²) in [6.07, 6.45) is 2.91. The standard InChI is InChI=1S/C49H71N3O15/c1-9-11-15-23-48(24-16-12-10-2)65-37-33-25-49(45(60)51-36(29(3)54)42(57)50-32(27-53)20-22-35(56)64-46(4,5)6)39(43(58)62-33)52(67-40(49)38(37)66-48)26-31-18-14-13-17-30(31)19-21-34(55)63-41-44(59)61-28-47(41,7)8/h13-14,17-19,21,29,32-33,36-41,53-54H,9-12,15-16,20,22-28H2,1-8H3,(H,50,57)(H,51,60)/t29-,32-,33?,36+,37-,38-,39-,40+,41-,49?/m0/s1. The SMILES string of the molecule is CCCCCC1(CCCCC)O[C@@H]2[C@H]3ON(Cc4ccccc4C=CC(=O)O[C@H]4C(=O)OCC4(C)C)[C@H]4C(=O)OC(CC34C(=O)N[C@@H](C(=O)N[C@H](CO)CCC(=O)OC(C)(C)C)[C@H](C)O)[C@@H]2O1. The molecule has 2 unspecified atom stereocenters. The predicted octanol–water partition coefficient (Wildman–Crippen LogP) is 4.10. The van der Waals surface area contributed by atoms with Crippen molar-refractivity contribution in [2.75, 3.05) is 13.2 Å². The Morgan fingerprint density at radius 3 is 2.25 bits per heavy atom. The third-order valence-corrected chi connectivity index (χ3v) is 13.3. The van der Waals surface area contributed by atoms with Gasteiger partial charge in [-0.15, -0.1) is 0 Å². The van der Waals surface area contributed by atoms with Crippen LogP contribution in [0, 0.1) is 10.8 Å². The Bertz CT molecular complexity index is 1990. The van der Waals surface area contributed by atoms with Gasteiger partial charge in [-0.05, 0) is 64.2 Å². The zero-order valence-electron chi connectivity index (χ0n) is 40.2. The van der Waals surface area contributed by atoms with Gasteiger partial charge in [-0.1, -0.05) is 77.6 Å². The summed E-state index contributed by atoms with van der Waals surface area (Å²) >= 11 is 0. The molecule has 0 aromatic heterocycles. The molecule has 4 N–H and O–H groups in total. The van der Waals surface area contributed by atoms with Crippen molar-refractivity contribution in [3.05, 3.63) is 41.5 Å². The van der Waals surface area contributed by atoms with E-state index in [9.17, 15) is 34.2 Å². The molecule has 6 rings (SSSR count). The Kier molecular flexibility index (Phi) is 16.6. The number of carbonyl (C=O) groups is 6. The van der Waals surface area contributed by atoms with Gasteiger partial charge in [0.2, 0.25) is 17.9 Å². The van der Waals surface area contributed by atoms with E-state index < -0.39 is 119 Å². The van der Waals surface area contributed by atoms with Crippen LogP contribution in [0.15, 0.2) is 30.3 Å². The van der Waals surface area contributed by atoms with Crippen LogP contribution in [0.4, 0.5) is 0 Å². The van der Waals surface area contributed by atoms with Crippen LogP contribution in [0.25, 0.3) is 6.08 Å². The summed E-state index contributed by atoms with van der Waals surface area (Å²) in [6.45, 7) is 13.7. The van der Waals surface area contributed by atoms with Crippen LogP contribution < -0.4 is 10.6 Å². The molecule has 5 fully saturated rings. The molecule has 67 heavy (non-hydrogen) atoms. The van der Waals surface area contributed by atoms with Crippen LogP contribution in [0.1, 0.15) is 137 Å². The van der Waals surface area contributed by atoms with E-state index in [-0.39, 0.29) is 32.4 Å². The molecule has 4 heterocycles. The summed E-state index contributed by atoms with van der Waals surface area (Å²) in [6, 6.07) is 3.19. The fourth-order valence-electron chi connectivity index (χ4n) is 9.82. The number of esters is 4. The minimum atomic E-state index is -1.73. The number of nitrogens with one attached hydrogen (secondary N) is 2. The number of benzene rings is 1. The van der Waals surface area contributed by atoms with Gasteiger partial charge in [-0.2, -0.15) is 5.06 Å². The number of rotatable bonds is 22. The fraction of sp³-hybridized carbons (Fsp3) is 0.714. The Morgan fingerprint density at radius 1 is 0.970 bits per heavy atom. The van der Waals surface area contributed by atoms with Crippen molar-refractivity contribution in [1.82, 2.24) is 15.7 Å². The van der Waals surface area contributed by atoms with E-state index in [1.165, 1.54) is 24.1 Å². The lowest BCUT2D eigenvalue weighted by molar-refractivity contribution is -0.224. The average molecular weight is 942 g/mol. The Balaban J connectivity index is 1.31. The Labute approximate surface area is 393 Å². The minimum Gasteiger partial charge on any atom is -0.462 e. The first kappa shape index (κ1) is 51.9. The topological polar surface area (TPSA) is 235 Å². The van der Waals surface area contributed by atoms with Crippen LogP contribution in [0.2, 0.25) is 0 Å². The molecule has 1 aromatic rings. The molecule has 0 radical (unpaired) electrons. The molecule has 18 nitrogen and oxygen atoms in total. The van der Waals surface area contributed by atoms with Crippen molar-refractivity contribution in [2.45, 2.75) is 199 Å². The summed E-state index contributed by atoms with van der Waals surface area (Å²) in [5, 5.41) is 28.0. The van der Waals surface area contributed by atoms with Crippen molar-refractivity contribution in [3.63, 3.8) is 0 Å². The number of hydrogen-bond acceptors (Lipinski definition) is 16. The highest BCUT2D eigenvalue weighted by Crippen LogP contribution is 2.58. The normalized spacial score (nSPS) is 28.5. The number of fused-ring (bicyclic) bond motifs is 4. The minimum absolute atomic E-state index is 0.0197. The lowest BCUT2D eigenvalue weighted by Crippen LogP contribution is -2.71. The number of cyclic esters (lactones) is 1. The number of nitrogens with zero attached hydrogens (tertiary/aromatic N) is 1. The molecular weight excluding hydrogens is 871 g/mol. The second-order valence-electron chi connectivity index (χ2n) is 20.4. The molecule has 10 atom stereocenters. The number of aliphatic hydroxyl groups excluding tert-OH is 2. The zero-order valence-corrected chi connectivity index (χ0v) is 40.2. The van der Waals surface area contributed by atoms with Crippen LogP contribution in [0.3, 0.4) is 0 Å². The highest BCUT2D eigenvalue weighted by atomic mass is 16.8. The van der Waals surface area contributed by atoms with Gasteiger partial charge in [0.1, 0.15) is 48.1 Å². The zero-order chi connectivity index (χ0) is 48.9. The molecular formula is C49H71N3O15.